The summed E-state index contributed by atoms with van der Waals surface area (Å²) in [5.41, 5.74) is 6.06. The zero-order valence-electron chi connectivity index (χ0n) is 18.6. The van der Waals surface area contributed by atoms with E-state index in [0.29, 0.717) is 41.3 Å². The molecule has 0 radical (unpaired) electrons. The first kappa shape index (κ1) is 23.7. The van der Waals surface area contributed by atoms with Crippen LogP contribution in [-0.2, 0) is 11.3 Å². The third-order valence-electron chi connectivity index (χ3n) is 5.35. The second-order valence-electron chi connectivity index (χ2n) is 8.28. The number of fused-ring (bicyclic) bond motifs is 1. The molecule has 0 aliphatic carbocycles. The summed E-state index contributed by atoms with van der Waals surface area (Å²) in [6.45, 7) is 6.73. The van der Waals surface area contributed by atoms with Crippen LogP contribution in [-0.4, -0.2) is 28.6 Å². The van der Waals surface area contributed by atoms with Gasteiger partial charge in [-0.2, -0.15) is 0 Å². The summed E-state index contributed by atoms with van der Waals surface area (Å²) in [5, 5.41) is 0.526. The molecular formula is C23H29ClN4O4. The van der Waals surface area contributed by atoms with Gasteiger partial charge in [0, 0.05) is 23.7 Å². The molecule has 1 aromatic carbocycles. The molecule has 172 valence electrons. The Morgan fingerprint density at radius 2 is 2.09 bits per heavy atom. The van der Waals surface area contributed by atoms with Gasteiger partial charge in [-0.05, 0) is 43.0 Å². The van der Waals surface area contributed by atoms with Gasteiger partial charge in [-0.1, -0.05) is 38.8 Å². The number of benzene rings is 1. The number of anilines is 2. The van der Waals surface area contributed by atoms with Crippen LogP contribution in [0.25, 0.3) is 6.08 Å². The topological polar surface area (TPSA) is 110 Å². The Balaban J connectivity index is 2.07. The number of nitrogens with two attached hydrogens (primary N) is 1. The van der Waals surface area contributed by atoms with Crippen molar-refractivity contribution in [1.82, 2.24) is 9.55 Å². The van der Waals surface area contributed by atoms with Crippen LogP contribution < -0.4 is 26.6 Å². The summed E-state index contributed by atoms with van der Waals surface area (Å²) in [7, 11) is 0. The largest absolute Gasteiger partial charge is 0.488 e. The summed E-state index contributed by atoms with van der Waals surface area (Å²) < 4.78 is 7.05. The fraction of sp³-hybridized carbons (Fsp3) is 0.435. The van der Waals surface area contributed by atoms with Crippen molar-refractivity contribution in [2.75, 3.05) is 23.8 Å². The van der Waals surface area contributed by atoms with Crippen LogP contribution in [0.4, 0.5) is 11.5 Å². The zero-order chi connectivity index (χ0) is 23.4. The van der Waals surface area contributed by atoms with Gasteiger partial charge in [0.25, 0.3) is 11.5 Å². The highest BCUT2D eigenvalue weighted by Crippen LogP contribution is 2.30. The van der Waals surface area contributed by atoms with E-state index in [4.69, 9.17) is 22.1 Å². The summed E-state index contributed by atoms with van der Waals surface area (Å²) >= 11 is 6.09. The monoisotopic (exact) mass is 460 g/mol. The lowest BCUT2D eigenvalue weighted by molar-refractivity contribution is -0.115. The Bertz CT molecular complexity index is 1150. The summed E-state index contributed by atoms with van der Waals surface area (Å²) in [6.07, 6.45) is 3.93. The molecule has 3 N–H and O–H groups in total. The Morgan fingerprint density at radius 1 is 1.34 bits per heavy atom. The van der Waals surface area contributed by atoms with Crippen molar-refractivity contribution in [1.29, 1.82) is 0 Å². The molecule has 2 heterocycles. The first-order valence-corrected chi connectivity index (χ1v) is 11.2. The number of unbranched alkanes of at least 4 members (excludes halogenated alkanes) is 1. The van der Waals surface area contributed by atoms with E-state index < -0.39 is 17.2 Å². The summed E-state index contributed by atoms with van der Waals surface area (Å²) in [6, 6.07) is 5.18. The van der Waals surface area contributed by atoms with Crippen molar-refractivity contribution in [2.45, 2.75) is 46.6 Å². The van der Waals surface area contributed by atoms with E-state index in [1.54, 1.807) is 24.3 Å². The van der Waals surface area contributed by atoms with E-state index in [1.165, 1.54) is 9.47 Å². The van der Waals surface area contributed by atoms with Crippen molar-refractivity contribution >= 4 is 35.1 Å². The predicted octanol–water partition coefficient (Wildman–Crippen LogP) is 3.43. The van der Waals surface area contributed by atoms with Gasteiger partial charge in [0.1, 0.15) is 18.2 Å². The maximum absolute atomic E-state index is 13.6. The van der Waals surface area contributed by atoms with Crippen LogP contribution >= 0.6 is 11.6 Å². The van der Waals surface area contributed by atoms with Crippen molar-refractivity contribution < 1.29 is 9.53 Å². The lowest BCUT2D eigenvalue weighted by Gasteiger charge is -2.27. The molecule has 2 aromatic rings. The number of carbonyl (C=O) groups is 1. The van der Waals surface area contributed by atoms with E-state index in [-0.39, 0.29) is 30.6 Å². The number of halogens is 1. The molecule has 0 saturated carbocycles. The number of H-pyrrole nitrogens is 1. The third-order valence-corrected chi connectivity index (χ3v) is 5.59. The first-order chi connectivity index (χ1) is 15.2. The van der Waals surface area contributed by atoms with Crippen molar-refractivity contribution in [3.8, 4) is 5.75 Å². The highest BCUT2D eigenvalue weighted by molar-refractivity contribution is 6.30. The molecule has 1 amide bonds. The molecule has 32 heavy (non-hydrogen) atoms. The normalized spacial score (nSPS) is 12.8. The van der Waals surface area contributed by atoms with Gasteiger partial charge in [-0.3, -0.25) is 19.1 Å². The minimum atomic E-state index is -0.682. The lowest BCUT2D eigenvalue weighted by atomic mass is 10.1. The number of nitrogens with one attached hydrogen (secondary N) is 1. The van der Waals surface area contributed by atoms with Gasteiger partial charge in [-0.25, -0.2) is 4.79 Å². The van der Waals surface area contributed by atoms with Crippen molar-refractivity contribution in [3.05, 3.63) is 55.2 Å². The fourth-order valence-corrected chi connectivity index (χ4v) is 3.70. The number of nitrogen functional groups attached to an aromatic ring is 1. The standard InChI is InChI=1S/C23H29ClN4O4/c1-4-5-9-28-20(25)19(21(29)26-23(28)31)27(10-8-14(2)3)22(30)16-11-15-12-17(24)6-7-18(15)32-13-16/h6-7,11-12,14H,4-5,8-10,13,25H2,1-3H3,(H,26,29,31). The molecule has 0 unspecified atom stereocenters. The molecule has 3 rings (SSSR count). The van der Waals surface area contributed by atoms with Crippen LogP contribution in [0.3, 0.4) is 0 Å². The van der Waals surface area contributed by atoms with Crippen LogP contribution in [0.1, 0.15) is 45.6 Å². The zero-order valence-corrected chi connectivity index (χ0v) is 19.4. The third kappa shape index (κ3) is 5.07. The second kappa shape index (κ2) is 10.1. The maximum Gasteiger partial charge on any atom is 0.330 e. The maximum atomic E-state index is 13.6. The Morgan fingerprint density at radius 3 is 2.78 bits per heavy atom. The molecule has 9 heteroatoms. The number of hydrogen-bond acceptors (Lipinski definition) is 5. The SMILES string of the molecule is CCCCn1c(N)c(N(CCC(C)C)C(=O)C2=Cc3cc(Cl)ccc3OC2)c(=O)[nH]c1=O. The number of aromatic amines is 1. The van der Waals surface area contributed by atoms with E-state index >= 15 is 0 Å². The number of carbonyl (C=O) groups excluding carboxylic acids is 1. The van der Waals surface area contributed by atoms with Crippen LogP contribution in [0, 0.1) is 5.92 Å². The van der Waals surface area contributed by atoms with E-state index in [2.05, 4.69) is 4.98 Å². The highest BCUT2D eigenvalue weighted by atomic mass is 35.5. The highest BCUT2D eigenvalue weighted by Gasteiger charge is 2.28. The number of amides is 1. The minimum Gasteiger partial charge on any atom is -0.488 e. The van der Waals surface area contributed by atoms with Gasteiger partial charge in [-0.15, -0.1) is 0 Å². The molecule has 0 fully saturated rings. The minimum absolute atomic E-state index is 0.00919. The van der Waals surface area contributed by atoms with Gasteiger partial charge in [0.15, 0.2) is 5.69 Å². The Kier molecular flexibility index (Phi) is 7.45. The molecule has 1 aliphatic heterocycles. The number of rotatable bonds is 8. The van der Waals surface area contributed by atoms with Gasteiger partial charge < -0.3 is 15.4 Å². The van der Waals surface area contributed by atoms with Crippen molar-refractivity contribution in [2.24, 2.45) is 5.92 Å². The molecule has 0 saturated heterocycles. The fourth-order valence-electron chi connectivity index (χ4n) is 3.52. The molecule has 0 atom stereocenters. The molecule has 1 aromatic heterocycles. The summed E-state index contributed by atoms with van der Waals surface area (Å²) in [5.74, 6) is 0.511. The van der Waals surface area contributed by atoms with Crippen LogP contribution in [0.5, 0.6) is 5.75 Å². The first-order valence-electron chi connectivity index (χ1n) is 10.8. The smallest absolute Gasteiger partial charge is 0.330 e. The van der Waals surface area contributed by atoms with E-state index in [0.717, 1.165) is 6.42 Å². The summed E-state index contributed by atoms with van der Waals surface area (Å²) in [4.78, 5) is 42.4. The van der Waals surface area contributed by atoms with Crippen molar-refractivity contribution in [3.63, 3.8) is 0 Å². The number of nitrogens with zero attached hydrogens (tertiary/aromatic N) is 2. The second-order valence-corrected chi connectivity index (χ2v) is 8.71. The molecule has 0 spiro atoms. The molecule has 0 bridgehead atoms. The molecule has 8 nitrogen and oxygen atoms in total. The van der Waals surface area contributed by atoms with Gasteiger partial charge >= 0.3 is 5.69 Å². The number of hydrogen-bond donors (Lipinski definition) is 2. The van der Waals surface area contributed by atoms with Gasteiger partial charge in [0.05, 0.1) is 5.57 Å². The van der Waals surface area contributed by atoms with Crippen LogP contribution in [0.2, 0.25) is 5.02 Å². The van der Waals surface area contributed by atoms with Crippen LogP contribution in [0.15, 0.2) is 33.4 Å². The quantitative estimate of drug-likeness (QED) is 0.627. The lowest BCUT2D eigenvalue weighted by Crippen LogP contribution is -2.43. The van der Waals surface area contributed by atoms with E-state index in [1.807, 2.05) is 20.8 Å². The predicted molar refractivity (Wildman–Crippen MR) is 127 cm³/mol. The average molecular weight is 461 g/mol. The molecular weight excluding hydrogens is 432 g/mol. The Hall–Kier alpha value is -3.00. The number of aromatic nitrogens is 2. The van der Waals surface area contributed by atoms with Gasteiger partial charge in [0.2, 0.25) is 0 Å². The number of ether oxygens (including phenoxy) is 1. The average Bonchev–Trinajstić information content (AvgIpc) is 2.74. The molecule has 1 aliphatic rings. The Labute approximate surface area is 191 Å². The van der Waals surface area contributed by atoms with E-state index in [9.17, 15) is 14.4 Å².